The molecule has 3 aromatic rings. The first-order valence-electron chi connectivity index (χ1n) is 6.91. The summed E-state index contributed by atoms with van der Waals surface area (Å²) in [5, 5.41) is 10.8. The van der Waals surface area contributed by atoms with E-state index in [9.17, 15) is 0 Å². The van der Waals surface area contributed by atoms with Crippen molar-refractivity contribution in [3.8, 4) is 10.8 Å². The van der Waals surface area contributed by atoms with Gasteiger partial charge in [-0.15, -0.1) is 11.3 Å². The summed E-state index contributed by atoms with van der Waals surface area (Å²) in [6, 6.07) is 4.14. The number of aryl methyl sites for hydroxylation is 1. The van der Waals surface area contributed by atoms with Crippen LogP contribution >= 0.6 is 11.3 Å². The average molecular weight is 302 g/mol. The van der Waals surface area contributed by atoms with Crippen molar-refractivity contribution in [2.45, 2.75) is 33.0 Å². The highest BCUT2D eigenvalue weighted by atomic mass is 32.1. The molecule has 3 aromatic heterocycles. The van der Waals surface area contributed by atoms with Gasteiger partial charge in [0.1, 0.15) is 0 Å². The maximum atomic E-state index is 5.36. The van der Waals surface area contributed by atoms with Crippen LogP contribution in [0.4, 0.5) is 0 Å². The summed E-state index contributed by atoms with van der Waals surface area (Å²) in [6.07, 6.45) is 5.60. The van der Waals surface area contributed by atoms with Gasteiger partial charge in [0.2, 0.25) is 0 Å². The van der Waals surface area contributed by atoms with Crippen molar-refractivity contribution in [1.29, 1.82) is 0 Å². The van der Waals surface area contributed by atoms with Crippen molar-refractivity contribution in [2.75, 3.05) is 0 Å². The zero-order chi connectivity index (χ0) is 14.7. The Kier molecular flexibility index (Phi) is 4.17. The van der Waals surface area contributed by atoms with E-state index in [1.165, 1.54) is 5.56 Å². The highest BCUT2D eigenvalue weighted by molar-refractivity contribution is 7.13. The molecular weight excluding hydrogens is 284 g/mol. The molecule has 0 spiro atoms. The number of aromatic nitrogens is 3. The molecule has 1 N–H and O–H groups in total. The first kappa shape index (κ1) is 14.0. The molecule has 3 heterocycles. The molecule has 0 radical (unpaired) electrons. The summed E-state index contributed by atoms with van der Waals surface area (Å²) in [7, 11) is 0. The van der Waals surface area contributed by atoms with Crippen LogP contribution in [0.15, 0.2) is 40.6 Å². The first-order valence-corrected chi connectivity index (χ1v) is 7.79. The third kappa shape index (κ3) is 3.59. The molecule has 5 nitrogen and oxygen atoms in total. The SMILES string of the molecule is Cc1cnn(C[C@H](C)NCc2csc(-c3ccco3)n2)c1. The van der Waals surface area contributed by atoms with E-state index in [0.717, 1.165) is 29.6 Å². The summed E-state index contributed by atoms with van der Waals surface area (Å²) >= 11 is 1.60. The van der Waals surface area contributed by atoms with E-state index >= 15 is 0 Å². The first-order chi connectivity index (χ1) is 10.2. The summed E-state index contributed by atoms with van der Waals surface area (Å²) in [5.41, 5.74) is 2.22. The van der Waals surface area contributed by atoms with Gasteiger partial charge in [-0.05, 0) is 31.5 Å². The molecule has 110 valence electrons. The van der Waals surface area contributed by atoms with E-state index in [-0.39, 0.29) is 0 Å². The van der Waals surface area contributed by atoms with Gasteiger partial charge in [0.25, 0.3) is 0 Å². The zero-order valence-corrected chi connectivity index (χ0v) is 12.9. The molecular formula is C15H18N4OS. The van der Waals surface area contributed by atoms with Gasteiger partial charge in [-0.3, -0.25) is 4.68 Å². The van der Waals surface area contributed by atoms with Crippen LogP contribution in [0.25, 0.3) is 10.8 Å². The lowest BCUT2D eigenvalue weighted by molar-refractivity contribution is 0.449. The van der Waals surface area contributed by atoms with Gasteiger partial charge < -0.3 is 9.73 Å². The van der Waals surface area contributed by atoms with Crippen molar-refractivity contribution in [2.24, 2.45) is 0 Å². The van der Waals surface area contributed by atoms with Gasteiger partial charge >= 0.3 is 0 Å². The normalized spacial score (nSPS) is 12.7. The molecule has 3 rings (SSSR count). The monoisotopic (exact) mass is 302 g/mol. The second-order valence-corrected chi connectivity index (χ2v) is 6.00. The molecule has 0 aliphatic carbocycles. The summed E-state index contributed by atoms with van der Waals surface area (Å²) < 4.78 is 7.32. The summed E-state index contributed by atoms with van der Waals surface area (Å²) in [6.45, 7) is 5.80. The van der Waals surface area contributed by atoms with E-state index in [1.54, 1.807) is 17.6 Å². The Labute approximate surface area is 127 Å². The number of thiazole rings is 1. The molecule has 1 atom stereocenters. The number of hydrogen-bond acceptors (Lipinski definition) is 5. The highest BCUT2D eigenvalue weighted by Gasteiger charge is 2.08. The van der Waals surface area contributed by atoms with Crippen LogP contribution in [-0.2, 0) is 13.1 Å². The fourth-order valence-corrected chi connectivity index (χ4v) is 2.88. The maximum Gasteiger partial charge on any atom is 0.162 e. The van der Waals surface area contributed by atoms with Crippen LogP contribution in [0.3, 0.4) is 0 Å². The summed E-state index contributed by atoms with van der Waals surface area (Å²) in [4.78, 5) is 4.58. The average Bonchev–Trinajstić information content (AvgIpc) is 3.17. The smallest absolute Gasteiger partial charge is 0.162 e. The second-order valence-electron chi connectivity index (χ2n) is 5.14. The number of hydrogen-bond donors (Lipinski definition) is 1. The Bertz CT molecular complexity index is 686. The predicted molar refractivity (Wildman–Crippen MR) is 83.1 cm³/mol. The van der Waals surface area contributed by atoms with E-state index in [0.29, 0.717) is 6.04 Å². The Morgan fingerprint density at radius 3 is 3.10 bits per heavy atom. The lowest BCUT2D eigenvalue weighted by Gasteiger charge is -2.12. The largest absolute Gasteiger partial charge is 0.462 e. The van der Waals surface area contributed by atoms with Crippen molar-refractivity contribution in [1.82, 2.24) is 20.1 Å². The number of rotatable bonds is 6. The molecule has 0 unspecified atom stereocenters. The Morgan fingerprint density at radius 2 is 2.38 bits per heavy atom. The van der Waals surface area contributed by atoms with Crippen LogP contribution in [0.2, 0.25) is 0 Å². The zero-order valence-electron chi connectivity index (χ0n) is 12.1. The quantitative estimate of drug-likeness (QED) is 0.760. The molecule has 6 heteroatoms. The minimum absolute atomic E-state index is 0.332. The van der Waals surface area contributed by atoms with Crippen molar-refractivity contribution in [3.63, 3.8) is 0 Å². The topological polar surface area (TPSA) is 55.9 Å². The Morgan fingerprint density at radius 1 is 1.48 bits per heavy atom. The van der Waals surface area contributed by atoms with E-state index in [4.69, 9.17) is 4.42 Å². The van der Waals surface area contributed by atoms with Gasteiger partial charge in [0.05, 0.1) is 24.7 Å². The van der Waals surface area contributed by atoms with Gasteiger partial charge in [-0.1, -0.05) is 0 Å². The third-order valence-electron chi connectivity index (χ3n) is 3.14. The van der Waals surface area contributed by atoms with Crippen molar-refractivity contribution in [3.05, 3.63) is 47.4 Å². The predicted octanol–water partition coefficient (Wildman–Crippen LogP) is 3.09. The molecule has 0 amide bonds. The van der Waals surface area contributed by atoms with E-state index in [1.807, 2.05) is 29.9 Å². The van der Waals surface area contributed by atoms with Crippen LogP contribution in [0.5, 0.6) is 0 Å². The minimum Gasteiger partial charge on any atom is -0.462 e. The number of nitrogens with zero attached hydrogens (tertiary/aromatic N) is 3. The molecule has 0 saturated heterocycles. The molecule has 0 fully saturated rings. The lowest BCUT2D eigenvalue weighted by Crippen LogP contribution is -2.30. The van der Waals surface area contributed by atoms with Gasteiger partial charge in [-0.25, -0.2) is 4.98 Å². The van der Waals surface area contributed by atoms with Crippen LogP contribution in [0, 0.1) is 6.92 Å². The van der Waals surface area contributed by atoms with E-state index in [2.05, 4.69) is 33.9 Å². The number of nitrogens with one attached hydrogen (secondary N) is 1. The summed E-state index contributed by atoms with van der Waals surface area (Å²) in [5.74, 6) is 0.825. The van der Waals surface area contributed by atoms with Crippen LogP contribution in [0.1, 0.15) is 18.2 Å². The van der Waals surface area contributed by atoms with E-state index < -0.39 is 0 Å². The molecule has 0 saturated carbocycles. The third-order valence-corrected chi connectivity index (χ3v) is 4.04. The van der Waals surface area contributed by atoms with Gasteiger partial charge in [-0.2, -0.15) is 5.10 Å². The molecule has 0 aliphatic rings. The van der Waals surface area contributed by atoms with Crippen molar-refractivity contribution < 1.29 is 4.42 Å². The fraction of sp³-hybridized carbons (Fsp3) is 0.333. The van der Waals surface area contributed by atoms with Crippen LogP contribution < -0.4 is 5.32 Å². The van der Waals surface area contributed by atoms with Gasteiger partial charge in [0, 0.05) is 24.2 Å². The molecule has 0 aliphatic heterocycles. The Balaban J connectivity index is 1.53. The highest BCUT2D eigenvalue weighted by Crippen LogP contribution is 2.23. The molecule has 21 heavy (non-hydrogen) atoms. The second kappa shape index (κ2) is 6.24. The number of furan rings is 1. The van der Waals surface area contributed by atoms with Crippen molar-refractivity contribution >= 4 is 11.3 Å². The lowest BCUT2D eigenvalue weighted by atomic mass is 10.3. The van der Waals surface area contributed by atoms with Crippen LogP contribution in [-0.4, -0.2) is 20.8 Å². The molecule has 0 bridgehead atoms. The van der Waals surface area contributed by atoms with Gasteiger partial charge in [0.15, 0.2) is 10.8 Å². The fourth-order valence-electron chi connectivity index (χ4n) is 2.09. The Hall–Kier alpha value is -1.92. The standard InChI is InChI=1S/C15H18N4OS/c1-11-6-17-19(8-11)9-12(2)16-7-13-10-21-15(18-13)14-4-3-5-20-14/h3-6,8,10,12,16H,7,9H2,1-2H3/t12-/m0/s1. The maximum absolute atomic E-state index is 5.36. The molecule has 0 aromatic carbocycles. The minimum atomic E-state index is 0.332.